The van der Waals surface area contributed by atoms with Gasteiger partial charge in [-0.2, -0.15) is 0 Å². The van der Waals surface area contributed by atoms with Crippen LogP contribution in [0.1, 0.15) is 65.9 Å². The molecule has 0 saturated carbocycles. The minimum absolute atomic E-state index is 0.0767. The SMILES string of the molecule is [2H]C([2H])(O)CCC([2H])([2H])C([2H])([2H])CCCCCCOCOC. The van der Waals surface area contributed by atoms with Crippen LogP contribution < -0.4 is 0 Å². The molecule has 3 heteroatoms. The lowest BCUT2D eigenvalue weighted by molar-refractivity contribution is -0.0315. The van der Waals surface area contributed by atoms with Crippen molar-refractivity contribution in [2.75, 3.05) is 27.1 Å². The van der Waals surface area contributed by atoms with Crippen LogP contribution in [0, 0.1) is 0 Å². The zero-order chi connectivity index (χ0) is 17.3. The summed E-state index contributed by atoms with van der Waals surface area (Å²) in [4.78, 5) is 0. The van der Waals surface area contributed by atoms with Gasteiger partial charge in [-0.3, -0.25) is 0 Å². The lowest BCUT2D eigenvalue weighted by atomic mass is 10.1. The van der Waals surface area contributed by atoms with E-state index in [9.17, 15) is 0 Å². The zero-order valence-corrected chi connectivity index (χ0v) is 10.1. The molecule has 3 nitrogen and oxygen atoms in total. The second-order valence-corrected chi connectivity index (χ2v) is 3.49. The van der Waals surface area contributed by atoms with Crippen LogP contribution in [0.25, 0.3) is 0 Å². The van der Waals surface area contributed by atoms with E-state index in [1.165, 1.54) is 0 Å². The molecule has 0 radical (unpaired) electrons. The number of aliphatic hydroxyl groups is 1. The Morgan fingerprint density at radius 1 is 0.938 bits per heavy atom. The standard InChI is InChI=1S/C13H28O3/c1-15-13-16-12-10-8-6-4-2-3-5-7-9-11-14/h14H,2-13H2,1H3/i3D2,5D2,11D2. The Hall–Kier alpha value is -0.120. The molecule has 0 aliphatic heterocycles. The topological polar surface area (TPSA) is 38.7 Å². The molecule has 0 unspecified atom stereocenters. The van der Waals surface area contributed by atoms with Crippen LogP contribution in [0.2, 0.25) is 0 Å². The molecule has 0 rings (SSSR count). The van der Waals surface area contributed by atoms with Crippen molar-refractivity contribution in [3.05, 3.63) is 0 Å². The van der Waals surface area contributed by atoms with Crippen LogP contribution in [-0.2, 0) is 9.47 Å². The fourth-order valence-electron chi connectivity index (χ4n) is 1.21. The van der Waals surface area contributed by atoms with Gasteiger partial charge in [-0.25, -0.2) is 0 Å². The average molecular weight is 238 g/mol. The van der Waals surface area contributed by atoms with Crippen molar-refractivity contribution >= 4 is 0 Å². The molecule has 16 heavy (non-hydrogen) atoms. The highest BCUT2D eigenvalue weighted by atomic mass is 16.7. The van der Waals surface area contributed by atoms with Crippen LogP contribution in [0.4, 0.5) is 0 Å². The maximum atomic E-state index is 9.00. The first-order valence-corrected chi connectivity index (χ1v) is 5.81. The third-order valence-electron chi connectivity index (χ3n) is 2.03. The van der Waals surface area contributed by atoms with Gasteiger partial charge in [0.15, 0.2) is 0 Å². The van der Waals surface area contributed by atoms with Gasteiger partial charge >= 0.3 is 0 Å². The van der Waals surface area contributed by atoms with Gasteiger partial charge in [-0.05, 0) is 12.8 Å². The smallest absolute Gasteiger partial charge is 0.146 e. The summed E-state index contributed by atoms with van der Waals surface area (Å²) in [5, 5.41) is 9.00. The summed E-state index contributed by atoms with van der Waals surface area (Å²) < 4.78 is 55.1. The molecule has 0 saturated heterocycles. The molecule has 0 atom stereocenters. The van der Waals surface area contributed by atoms with Gasteiger partial charge in [-0.1, -0.05) is 44.8 Å². The lowest BCUT2D eigenvalue weighted by Crippen LogP contribution is -1.98. The molecule has 0 heterocycles. The molecule has 0 aliphatic carbocycles. The van der Waals surface area contributed by atoms with Gasteiger partial charge < -0.3 is 14.6 Å². The molecular weight excluding hydrogens is 204 g/mol. The predicted octanol–water partition coefficient (Wildman–Crippen LogP) is 3.11. The maximum absolute atomic E-state index is 9.00. The molecule has 1 N–H and O–H groups in total. The van der Waals surface area contributed by atoms with Crippen LogP contribution in [0.3, 0.4) is 0 Å². The zero-order valence-electron chi connectivity index (χ0n) is 16.1. The minimum Gasteiger partial charge on any atom is -0.396 e. The summed E-state index contributed by atoms with van der Waals surface area (Å²) in [5.41, 5.74) is 0. The average Bonchev–Trinajstić information content (AvgIpc) is 2.38. The highest BCUT2D eigenvalue weighted by molar-refractivity contribution is 4.47. The molecule has 98 valence electrons. The molecule has 0 spiro atoms. The first-order chi connectivity index (χ1) is 10.0. The molecule has 0 amide bonds. The van der Waals surface area contributed by atoms with Crippen molar-refractivity contribution in [1.29, 1.82) is 0 Å². The van der Waals surface area contributed by atoms with E-state index < -0.39 is 25.7 Å². The summed E-state index contributed by atoms with van der Waals surface area (Å²) in [5.74, 6) is 0. The quantitative estimate of drug-likeness (QED) is 0.396. The molecule has 0 fully saturated rings. The van der Waals surface area contributed by atoms with Crippen molar-refractivity contribution < 1.29 is 22.8 Å². The summed E-state index contributed by atoms with van der Waals surface area (Å²) in [6, 6.07) is 0. The van der Waals surface area contributed by atoms with Crippen molar-refractivity contribution in [2.24, 2.45) is 0 Å². The normalized spacial score (nSPS) is 19.1. The monoisotopic (exact) mass is 238 g/mol. The van der Waals surface area contributed by atoms with E-state index in [4.69, 9.17) is 22.8 Å². The van der Waals surface area contributed by atoms with Crippen LogP contribution in [0.15, 0.2) is 0 Å². The van der Waals surface area contributed by atoms with E-state index in [2.05, 4.69) is 0 Å². The molecular formula is C13H28O3. The fraction of sp³-hybridized carbons (Fsp3) is 1.00. The highest BCUT2D eigenvalue weighted by Crippen LogP contribution is 2.09. The van der Waals surface area contributed by atoms with Gasteiger partial charge in [0.25, 0.3) is 0 Å². The number of hydrogen-bond donors (Lipinski definition) is 1. The molecule has 0 aromatic heterocycles. The first kappa shape index (κ1) is 8.06. The van der Waals surface area contributed by atoms with Crippen molar-refractivity contribution in [3.8, 4) is 0 Å². The number of hydrogen-bond acceptors (Lipinski definition) is 3. The number of ether oxygens (including phenoxy) is 2. The molecule has 0 aliphatic rings. The number of rotatable bonds is 13. The van der Waals surface area contributed by atoms with E-state index in [0.717, 1.165) is 19.3 Å². The van der Waals surface area contributed by atoms with E-state index in [-0.39, 0.29) is 19.6 Å². The Bertz CT molecular complexity index is 294. The number of methoxy groups -OCH3 is 1. The Balaban J connectivity index is 3.96. The van der Waals surface area contributed by atoms with Gasteiger partial charge in [0, 0.05) is 25.8 Å². The van der Waals surface area contributed by atoms with E-state index in [1.807, 2.05) is 0 Å². The first-order valence-electron chi connectivity index (χ1n) is 8.81. The Morgan fingerprint density at radius 3 is 2.25 bits per heavy atom. The maximum Gasteiger partial charge on any atom is 0.146 e. The highest BCUT2D eigenvalue weighted by Gasteiger charge is 1.92. The third kappa shape index (κ3) is 13.9. The van der Waals surface area contributed by atoms with Gasteiger partial charge in [-0.15, -0.1) is 0 Å². The summed E-state index contributed by atoms with van der Waals surface area (Å²) >= 11 is 0. The van der Waals surface area contributed by atoms with Gasteiger partial charge in [0.1, 0.15) is 6.79 Å². The van der Waals surface area contributed by atoms with Gasteiger partial charge in [0.2, 0.25) is 0 Å². The third-order valence-corrected chi connectivity index (χ3v) is 2.03. The fourth-order valence-corrected chi connectivity index (χ4v) is 1.21. The second kappa shape index (κ2) is 14.9. The molecule has 0 aromatic carbocycles. The van der Waals surface area contributed by atoms with Crippen LogP contribution >= 0.6 is 0 Å². The minimum atomic E-state index is -2.47. The number of unbranched alkanes of at least 4 members (excludes halogenated alkanes) is 3. The Morgan fingerprint density at radius 2 is 1.56 bits per heavy atom. The molecule has 0 aromatic rings. The van der Waals surface area contributed by atoms with Crippen molar-refractivity contribution in [3.63, 3.8) is 0 Å². The van der Waals surface area contributed by atoms with E-state index >= 15 is 0 Å². The van der Waals surface area contributed by atoms with Crippen molar-refractivity contribution in [1.82, 2.24) is 0 Å². The summed E-state index contributed by atoms with van der Waals surface area (Å²) in [6.07, 6.45) is -1.82. The van der Waals surface area contributed by atoms with Crippen molar-refractivity contribution in [2.45, 2.75) is 57.7 Å². The summed E-state index contributed by atoms with van der Waals surface area (Å²) in [7, 11) is 1.55. The predicted molar refractivity (Wildman–Crippen MR) is 66.5 cm³/mol. The lowest BCUT2D eigenvalue weighted by Gasteiger charge is -2.03. The van der Waals surface area contributed by atoms with Crippen LogP contribution in [0.5, 0.6) is 0 Å². The van der Waals surface area contributed by atoms with E-state index in [0.29, 0.717) is 13.0 Å². The van der Waals surface area contributed by atoms with E-state index in [1.54, 1.807) is 7.11 Å². The summed E-state index contributed by atoms with van der Waals surface area (Å²) in [6.45, 7) is -1.61. The largest absolute Gasteiger partial charge is 0.396 e. The Kier molecular flexibility index (Phi) is 7.50. The Labute approximate surface area is 109 Å². The second-order valence-electron chi connectivity index (χ2n) is 3.49. The van der Waals surface area contributed by atoms with Gasteiger partial charge in [0.05, 0.1) is 2.74 Å². The molecule has 0 bridgehead atoms. The van der Waals surface area contributed by atoms with Crippen LogP contribution in [-0.4, -0.2) is 32.2 Å².